The number of aryl methyl sites for hydroxylation is 2. The van der Waals surface area contributed by atoms with Gasteiger partial charge in [0.15, 0.2) is 0 Å². The zero-order chi connectivity index (χ0) is 44.1. The molecule has 62 heavy (non-hydrogen) atoms. The second-order valence-corrected chi connectivity index (χ2v) is 12.5. The number of hydrogen-bond acceptors (Lipinski definition) is 14. The third-order valence-corrected chi connectivity index (χ3v) is 8.60. The van der Waals surface area contributed by atoms with Crippen LogP contribution in [0.4, 0.5) is 0 Å². The van der Waals surface area contributed by atoms with Crippen LogP contribution in [0.3, 0.4) is 0 Å². The summed E-state index contributed by atoms with van der Waals surface area (Å²) in [6.07, 6.45) is 0.359. The van der Waals surface area contributed by atoms with Crippen molar-refractivity contribution < 1.29 is 32.6 Å². The largest absolute Gasteiger partial charge is 0.419 e. The van der Waals surface area contributed by atoms with Gasteiger partial charge < -0.3 is 13.5 Å². The van der Waals surface area contributed by atoms with Gasteiger partial charge in [-0.2, -0.15) is 10.3 Å². The molecule has 4 aromatic heterocycles. The summed E-state index contributed by atoms with van der Waals surface area (Å²) in [5.41, 5.74) is 3.59. The Balaban J connectivity index is -0.000000207. The lowest BCUT2D eigenvalue weighted by molar-refractivity contribution is -0.129. The maximum absolute atomic E-state index is 10.8. The molecule has 0 saturated heterocycles. The van der Waals surface area contributed by atoms with Crippen molar-refractivity contribution >= 4 is 23.6 Å². The minimum atomic E-state index is -0.701. The molecule has 0 fully saturated rings. The average Bonchev–Trinajstić information content (AvgIpc) is 3.57. The number of hydrogen-bond donors (Lipinski definition) is 7. The predicted octanol–water partition coefficient (Wildman–Crippen LogP) is 3.68. The molecule has 2 aliphatic heterocycles. The van der Waals surface area contributed by atoms with E-state index in [2.05, 4.69) is 39.5 Å². The van der Waals surface area contributed by atoms with E-state index in [9.17, 15) is 52.7 Å². The summed E-state index contributed by atoms with van der Waals surface area (Å²) in [4.78, 5) is 119. The molecular formula is C41H65N7O14. The van der Waals surface area contributed by atoms with E-state index in [-0.39, 0.29) is 88.6 Å². The molecule has 6 rings (SSSR count). The summed E-state index contributed by atoms with van der Waals surface area (Å²) in [6.45, 7) is 19.8. The molecule has 4 aromatic rings. The molecule has 21 nitrogen and oxygen atoms in total. The topological polar surface area (TPSA) is 330 Å². The molecular weight excluding hydrogens is 814 g/mol. The first kappa shape index (κ1) is 64.0. The third kappa shape index (κ3) is 18.4. The molecule has 21 heteroatoms. The molecule has 0 atom stereocenters. The SMILES string of the molecule is C.C.C.C.C.CC1=C(C)C(=O)NC(=O)C1.CC1=C(C)C(=O)NC1=O.Cc1c(C)c(=O)[nH][nH]c1=O.Cc1c(C)c(=O)o[nH]c1=O.Cc1o[nH]c(=O)c1C.Cc1oc(=O)[nH]c(=O)c1C. The van der Waals surface area contributed by atoms with Crippen LogP contribution in [0.25, 0.3) is 0 Å². The van der Waals surface area contributed by atoms with Crippen LogP contribution < -0.4 is 49.8 Å². The maximum Gasteiger partial charge on any atom is 0.419 e. The minimum absolute atomic E-state index is 0. The molecule has 0 saturated carbocycles. The lowest BCUT2D eigenvalue weighted by atomic mass is 10.0. The molecule has 6 heterocycles. The lowest BCUT2D eigenvalue weighted by Gasteiger charge is -2.12. The fourth-order valence-corrected chi connectivity index (χ4v) is 3.70. The van der Waals surface area contributed by atoms with E-state index >= 15 is 0 Å². The van der Waals surface area contributed by atoms with Crippen LogP contribution in [-0.4, -0.2) is 49.1 Å². The number of carbonyl (C=O) groups excluding carboxylic acids is 4. The van der Waals surface area contributed by atoms with Gasteiger partial charge in [-0.25, -0.2) is 9.59 Å². The number of aromatic nitrogens is 5. The van der Waals surface area contributed by atoms with Crippen molar-refractivity contribution in [2.24, 2.45) is 0 Å². The van der Waals surface area contributed by atoms with Crippen molar-refractivity contribution in [3.63, 3.8) is 0 Å². The summed E-state index contributed by atoms with van der Waals surface area (Å²) in [5, 5.41) is 13.0. The van der Waals surface area contributed by atoms with Crippen LogP contribution in [-0.2, 0) is 19.2 Å². The third-order valence-electron chi connectivity index (χ3n) is 8.60. The van der Waals surface area contributed by atoms with E-state index in [0.717, 1.165) is 5.57 Å². The normalized spacial score (nSPS) is 11.9. The number of H-pyrrole nitrogens is 5. The first-order valence-electron chi connectivity index (χ1n) is 16.7. The van der Waals surface area contributed by atoms with Gasteiger partial charge in [0.2, 0.25) is 5.91 Å². The first-order chi connectivity index (χ1) is 26.3. The Morgan fingerprint density at radius 1 is 0.403 bits per heavy atom. The minimum Gasteiger partial charge on any atom is -0.414 e. The van der Waals surface area contributed by atoms with Gasteiger partial charge in [0.1, 0.15) is 11.5 Å². The van der Waals surface area contributed by atoms with Gasteiger partial charge in [0.05, 0.1) is 11.1 Å². The zero-order valence-electron chi connectivity index (χ0n) is 33.4. The van der Waals surface area contributed by atoms with Gasteiger partial charge in [-0.3, -0.25) is 69.0 Å². The summed E-state index contributed by atoms with van der Waals surface area (Å²) < 4.78 is 13.5. The molecule has 0 spiro atoms. The van der Waals surface area contributed by atoms with Gasteiger partial charge in [-0.15, -0.1) is 0 Å². The summed E-state index contributed by atoms with van der Waals surface area (Å²) in [7, 11) is 0. The maximum atomic E-state index is 10.8. The molecule has 0 aliphatic carbocycles. The monoisotopic (exact) mass is 879 g/mol. The Morgan fingerprint density at radius 3 is 1.11 bits per heavy atom. The Kier molecular flexibility index (Phi) is 29.2. The fraction of sp³-hybridized carbons (Fsp3) is 0.439. The highest BCUT2D eigenvalue weighted by Crippen LogP contribution is 2.12. The van der Waals surface area contributed by atoms with Crippen molar-refractivity contribution in [3.8, 4) is 0 Å². The molecule has 0 unspecified atom stereocenters. The van der Waals surface area contributed by atoms with E-state index in [1.54, 1.807) is 83.1 Å². The van der Waals surface area contributed by atoms with Crippen molar-refractivity contribution in [2.45, 2.75) is 127 Å². The Bertz CT molecular complexity index is 2490. The standard InChI is InChI=1S/C7H9NO2.C6H8N2O2.2C6H7NO3.C6H7NO2.C5H7NO2.5CH4/c1-4-3-6(9)8-7(10)5(4)2;1-3-4(2)6(10)8-7-5(3)9;1-3-4(2)10-6(9)7-5(3)8;1-3-4(2)6(9)10-7-5(3)8;1-3-4(2)6(9)7-5(3)8;1-3-4(2)8-6-5(3)7;;;;;/h3H2,1-2H3,(H,8,9,10);1-2H3,(H,7,9)(H,8,10);1-2H3,(H,7,8,9);1-2H3,(H,7,8);1-2H3,(H,7,8,9);1-2H3,(H,6,7);5*1H4. The van der Waals surface area contributed by atoms with Crippen LogP contribution in [0, 0.1) is 55.4 Å². The number of aromatic amines is 5. The predicted molar refractivity (Wildman–Crippen MR) is 237 cm³/mol. The van der Waals surface area contributed by atoms with E-state index in [1.165, 1.54) is 0 Å². The number of carbonyl (C=O) groups is 4. The molecule has 348 valence electrons. The van der Waals surface area contributed by atoms with Crippen LogP contribution in [0.1, 0.15) is 116 Å². The molecule has 4 amide bonds. The highest BCUT2D eigenvalue weighted by atomic mass is 16.5. The van der Waals surface area contributed by atoms with Crippen molar-refractivity contribution in [1.82, 2.24) is 36.1 Å². The first-order valence-corrected chi connectivity index (χ1v) is 16.7. The number of nitrogens with one attached hydrogen (secondary N) is 7. The highest BCUT2D eigenvalue weighted by Gasteiger charge is 2.22. The van der Waals surface area contributed by atoms with Crippen molar-refractivity contribution in [1.29, 1.82) is 0 Å². The summed E-state index contributed by atoms with van der Waals surface area (Å²) >= 11 is 0. The number of amides is 4. The lowest BCUT2D eigenvalue weighted by Crippen LogP contribution is -2.35. The van der Waals surface area contributed by atoms with E-state index in [1.807, 2.05) is 10.1 Å². The number of imide groups is 2. The van der Waals surface area contributed by atoms with Gasteiger partial charge in [0, 0.05) is 45.4 Å². The molecule has 0 bridgehead atoms. The van der Waals surface area contributed by atoms with Gasteiger partial charge in [-0.1, -0.05) is 42.7 Å². The molecule has 0 aromatic carbocycles. The van der Waals surface area contributed by atoms with Crippen LogP contribution in [0.2, 0.25) is 0 Å². The van der Waals surface area contributed by atoms with Gasteiger partial charge in [-0.05, 0) is 83.1 Å². The quantitative estimate of drug-likeness (QED) is 0.124. The molecule has 2 aliphatic rings. The van der Waals surface area contributed by atoms with Crippen LogP contribution in [0.15, 0.2) is 69.3 Å². The van der Waals surface area contributed by atoms with E-state index in [4.69, 9.17) is 0 Å². The fourth-order valence-electron chi connectivity index (χ4n) is 3.70. The second-order valence-electron chi connectivity index (χ2n) is 12.5. The highest BCUT2D eigenvalue weighted by molar-refractivity contribution is 6.18. The van der Waals surface area contributed by atoms with Gasteiger partial charge in [0.25, 0.3) is 45.5 Å². The van der Waals surface area contributed by atoms with E-state index in [0.29, 0.717) is 68.0 Å². The second kappa shape index (κ2) is 28.3. The Hall–Kier alpha value is -7.19. The molecule has 7 N–H and O–H groups in total. The Morgan fingerprint density at radius 2 is 0.790 bits per heavy atom. The van der Waals surface area contributed by atoms with Crippen molar-refractivity contribution in [3.05, 3.63) is 140 Å². The molecule has 0 radical (unpaired) electrons. The van der Waals surface area contributed by atoms with Crippen LogP contribution >= 0.6 is 0 Å². The zero-order valence-corrected chi connectivity index (χ0v) is 33.4. The van der Waals surface area contributed by atoms with Crippen LogP contribution in [0.5, 0.6) is 0 Å². The number of rotatable bonds is 0. The summed E-state index contributed by atoms with van der Waals surface area (Å²) in [5.74, 6) is -0.659. The summed E-state index contributed by atoms with van der Waals surface area (Å²) in [6, 6.07) is 0. The van der Waals surface area contributed by atoms with Crippen molar-refractivity contribution in [2.75, 3.05) is 0 Å². The Labute approximate surface area is 358 Å². The van der Waals surface area contributed by atoms with E-state index < -0.39 is 11.4 Å². The van der Waals surface area contributed by atoms with Gasteiger partial charge >= 0.3 is 11.4 Å². The average molecular weight is 880 g/mol. The smallest absolute Gasteiger partial charge is 0.414 e.